The largest absolute Gasteiger partial charge is 0.347 e. The van der Waals surface area contributed by atoms with Gasteiger partial charge in [-0.1, -0.05) is 44.7 Å². The average Bonchev–Trinajstić information content (AvgIpc) is 2.98. The maximum Gasteiger partial charge on any atom is 0.265 e. The monoisotopic (exact) mass is 350 g/mol. The summed E-state index contributed by atoms with van der Waals surface area (Å²) < 4.78 is 0. The van der Waals surface area contributed by atoms with Gasteiger partial charge in [-0.2, -0.15) is 5.26 Å². The molecule has 1 aliphatic carbocycles. The number of carbonyl (C=O) groups is 1. The van der Waals surface area contributed by atoms with E-state index in [1.807, 2.05) is 12.1 Å². The highest BCUT2D eigenvalue weighted by atomic mass is 32.1. The summed E-state index contributed by atoms with van der Waals surface area (Å²) in [7, 11) is 0. The van der Waals surface area contributed by atoms with Gasteiger partial charge in [0, 0.05) is 10.6 Å². The van der Waals surface area contributed by atoms with Gasteiger partial charge in [-0.15, -0.1) is 11.3 Å². The molecular weight excluding hydrogens is 328 g/mol. The normalized spacial score (nSPS) is 13.2. The number of carbonyl (C=O) groups excluding carboxylic acids is 1. The number of Topliss-reactive ketones (excluding diaryl/α,β-unsaturated/α-hetero) is 1. The minimum atomic E-state index is -0.454. The van der Waals surface area contributed by atoms with Crippen LogP contribution in [0.3, 0.4) is 0 Å². The number of ketones is 1. The number of anilines is 1. The number of nitrogens with one attached hydrogen (secondary N) is 1. The molecule has 25 heavy (non-hydrogen) atoms. The molecule has 0 bridgehead atoms. The Bertz CT molecular complexity index is 853. The van der Waals surface area contributed by atoms with Crippen LogP contribution in [0.1, 0.15) is 64.5 Å². The van der Waals surface area contributed by atoms with E-state index in [1.54, 1.807) is 17.4 Å². The zero-order valence-corrected chi connectivity index (χ0v) is 15.5. The van der Waals surface area contributed by atoms with Gasteiger partial charge in [-0.05, 0) is 48.3 Å². The van der Waals surface area contributed by atoms with Crippen LogP contribution in [0.15, 0.2) is 30.8 Å². The van der Waals surface area contributed by atoms with Gasteiger partial charge in [-0.3, -0.25) is 4.79 Å². The summed E-state index contributed by atoms with van der Waals surface area (Å²) in [5.41, 5.74) is 4.64. The summed E-state index contributed by atoms with van der Waals surface area (Å²) in [6, 6.07) is 10.1. The summed E-state index contributed by atoms with van der Waals surface area (Å²) in [5, 5.41) is 13.2. The van der Waals surface area contributed by atoms with Crippen molar-refractivity contribution < 1.29 is 4.79 Å². The maximum atomic E-state index is 12.2. The fraction of sp³-hybridized carbons (Fsp3) is 0.333. The highest BCUT2D eigenvalue weighted by molar-refractivity contribution is 7.16. The molecule has 0 radical (unpaired) electrons. The molecule has 1 heterocycles. The third-order valence-corrected chi connectivity index (χ3v) is 5.90. The highest BCUT2D eigenvalue weighted by Gasteiger charge is 2.25. The van der Waals surface area contributed by atoms with Gasteiger partial charge in [0.1, 0.15) is 11.1 Å². The lowest BCUT2D eigenvalue weighted by atomic mass is 9.94. The number of benzene rings is 1. The van der Waals surface area contributed by atoms with Crippen LogP contribution in [0.5, 0.6) is 0 Å². The van der Waals surface area contributed by atoms with Crippen molar-refractivity contribution in [3.63, 3.8) is 0 Å². The van der Waals surface area contributed by atoms with Crippen LogP contribution in [0.4, 0.5) is 5.00 Å². The molecule has 4 heteroatoms. The van der Waals surface area contributed by atoms with E-state index in [9.17, 15) is 4.79 Å². The molecule has 0 aliphatic heterocycles. The third kappa shape index (κ3) is 3.52. The van der Waals surface area contributed by atoms with Crippen LogP contribution < -0.4 is 5.32 Å². The number of nitriles is 1. The Hall–Kier alpha value is -2.38. The van der Waals surface area contributed by atoms with Gasteiger partial charge in [0.2, 0.25) is 0 Å². The lowest BCUT2D eigenvalue weighted by Crippen LogP contribution is -2.07. The van der Waals surface area contributed by atoms with E-state index < -0.39 is 5.78 Å². The quantitative estimate of drug-likeness (QED) is 0.569. The van der Waals surface area contributed by atoms with E-state index in [0.717, 1.165) is 47.5 Å². The van der Waals surface area contributed by atoms with Crippen molar-refractivity contribution in [3.05, 3.63) is 58.0 Å². The Morgan fingerprint density at radius 3 is 2.56 bits per heavy atom. The number of aryl methyl sites for hydroxylation is 1. The first-order chi connectivity index (χ1) is 12.0. The van der Waals surface area contributed by atoms with E-state index in [-0.39, 0.29) is 0 Å². The molecule has 1 aromatic carbocycles. The van der Waals surface area contributed by atoms with Gasteiger partial charge < -0.3 is 5.32 Å². The predicted octanol–water partition coefficient (Wildman–Crippen LogP) is 5.54. The minimum Gasteiger partial charge on any atom is -0.347 e. The van der Waals surface area contributed by atoms with Crippen molar-refractivity contribution in [3.8, 4) is 6.07 Å². The van der Waals surface area contributed by atoms with E-state index >= 15 is 0 Å². The Kier molecular flexibility index (Phi) is 5.06. The second kappa shape index (κ2) is 7.25. The molecule has 1 N–H and O–H groups in total. The van der Waals surface area contributed by atoms with Crippen LogP contribution in [0.25, 0.3) is 5.70 Å². The zero-order valence-electron chi connectivity index (χ0n) is 14.7. The number of hydrogen-bond acceptors (Lipinski definition) is 4. The number of nitrogens with zero attached hydrogens (tertiary/aromatic N) is 1. The fourth-order valence-corrected chi connectivity index (χ4v) is 4.54. The maximum absolute atomic E-state index is 12.2. The second-order valence-corrected chi connectivity index (χ2v) is 7.84. The van der Waals surface area contributed by atoms with Crippen molar-refractivity contribution in [1.82, 2.24) is 0 Å². The van der Waals surface area contributed by atoms with Crippen LogP contribution >= 0.6 is 11.3 Å². The average molecular weight is 350 g/mol. The SMILES string of the molecule is C=C(Nc1sc2c(c1C(=O)C#N)CCCC2)c1ccc(C(C)C)cc1. The van der Waals surface area contributed by atoms with Crippen LogP contribution in [-0.4, -0.2) is 5.78 Å². The van der Waals surface area contributed by atoms with Crippen LogP contribution in [0, 0.1) is 11.3 Å². The Morgan fingerprint density at radius 1 is 1.24 bits per heavy atom. The molecule has 0 spiro atoms. The molecule has 1 aromatic heterocycles. The summed E-state index contributed by atoms with van der Waals surface area (Å²) in [4.78, 5) is 13.4. The minimum absolute atomic E-state index is 0.454. The topological polar surface area (TPSA) is 52.9 Å². The molecular formula is C21H22N2OS. The van der Waals surface area contributed by atoms with Crippen LogP contribution in [0.2, 0.25) is 0 Å². The molecule has 0 unspecified atom stereocenters. The lowest BCUT2D eigenvalue weighted by molar-refractivity contribution is 0.105. The lowest BCUT2D eigenvalue weighted by Gasteiger charge is -2.12. The first kappa shape index (κ1) is 17.4. The van der Waals surface area contributed by atoms with E-state index in [0.29, 0.717) is 11.5 Å². The number of rotatable bonds is 5. The molecule has 3 rings (SSSR count). The van der Waals surface area contributed by atoms with E-state index in [1.165, 1.54) is 10.4 Å². The predicted molar refractivity (Wildman–Crippen MR) is 104 cm³/mol. The first-order valence-electron chi connectivity index (χ1n) is 8.66. The van der Waals surface area contributed by atoms with Crippen molar-refractivity contribution in [2.24, 2.45) is 0 Å². The first-order valence-corrected chi connectivity index (χ1v) is 9.48. The highest BCUT2D eigenvalue weighted by Crippen LogP contribution is 2.39. The van der Waals surface area contributed by atoms with E-state index in [4.69, 9.17) is 5.26 Å². The van der Waals surface area contributed by atoms with Crippen molar-refractivity contribution in [2.45, 2.75) is 45.4 Å². The standard InChI is InChI=1S/C21H22N2OS/c1-13(2)15-8-10-16(11-9-15)14(3)23-21-20(18(24)12-22)17-6-4-5-7-19(17)25-21/h8-11,13,23H,3-7H2,1-2H3. The van der Waals surface area contributed by atoms with Gasteiger partial charge >= 0.3 is 0 Å². The molecule has 0 saturated carbocycles. The Balaban J connectivity index is 1.89. The summed E-state index contributed by atoms with van der Waals surface area (Å²) in [6.45, 7) is 8.46. The molecule has 1 aliphatic rings. The fourth-order valence-electron chi connectivity index (χ4n) is 3.23. The smallest absolute Gasteiger partial charge is 0.265 e. The number of fused-ring (bicyclic) bond motifs is 1. The molecule has 0 saturated heterocycles. The third-order valence-electron chi connectivity index (χ3n) is 4.69. The molecule has 0 amide bonds. The molecule has 3 nitrogen and oxygen atoms in total. The Labute approximate surface area is 153 Å². The van der Waals surface area contributed by atoms with E-state index in [2.05, 4.69) is 37.9 Å². The number of hydrogen-bond donors (Lipinski definition) is 1. The molecule has 2 aromatic rings. The zero-order chi connectivity index (χ0) is 18.0. The number of thiophene rings is 1. The van der Waals surface area contributed by atoms with Crippen molar-refractivity contribution >= 4 is 27.8 Å². The van der Waals surface area contributed by atoms with Gasteiger partial charge in [0.25, 0.3) is 5.78 Å². The van der Waals surface area contributed by atoms with Gasteiger partial charge in [0.05, 0.1) is 5.56 Å². The van der Waals surface area contributed by atoms with Gasteiger partial charge in [0.15, 0.2) is 0 Å². The van der Waals surface area contributed by atoms with Crippen molar-refractivity contribution in [1.29, 1.82) is 5.26 Å². The second-order valence-electron chi connectivity index (χ2n) is 6.74. The summed E-state index contributed by atoms with van der Waals surface area (Å²) in [6.07, 6.45) is 4.09. The van der Waals surface area contributed by atoms with Gasteiger partial charge in [-0.25, -0.2) is 0 Å². The Morgan fingerprint density at radius 2 is 1.92 bits per heavy atom. The molecule has 0 fully saturated rings. The van der Waals surface area contributed by atoms with Crippen molar-refractivity contribution in [2.75, 3.05) is 5.32 Å². The van der Waals surface area contributed by atoms with Crippen LogP contribution in [-0.2, 0) is 12.8 Å². The summed E-state index contributed by atoms with van der Waals surface area (Å²) >= 11 is 1.59. The molecule has 0 atom stereocenters. The molecule has 128 valence electrons. The summed E-state index contributed by atoms with van der Waals surface area (Å²) in [5.74, 6) is 0.0315.